The molecule has 0 saturated heterocycles. The quantitative estimate of drug-likeness (QED) is 0.610. The lowest BCUT2D eigenvalue weighted by Gasteiger charge is -2.09. The third-order valence-corrected chi connectivity index (χ3v) is 5.55. The van der Waals surface area contributed by atoms with Crippen LogP contribution in [0.4, 0.5) is 4.39 Å². The van der Waals surface area contributed by atoms with Gasteiger partial charge < -0.3 is 5.32 Å². The number of nitrogens with one attached hydrogen (secondary N) is 2. The van der Waals surface area contributed by atoms with E-state index >= 15 is 0 Å². The summed E-state index contributed by atoms with van der Waals surface area (Å²) in [6.07, 6.45) is 3.43. The molecule has 0 heterocycles. The van der Waals surface area contributed by atoms with E-state index in [0.717, 1.165) is 24.8 Å². The number of halogens is 1. The minimum absolute atomic E-state index is 0.0443. The van der Waals surface area contributed by atoms with Crippen LogP contribution in [0.25, 0.3) is 0 Å². The van der Waals surface area contributed by atoms with Crippen LogP contribution in [-0.4, -0.2) is 27.4 Å². The zero-order valence-corrected chi connectivity index (χ0v) is 16.2. The van der Waals surface area contributed by atoms with Crippen LogP contribution in [0.2, 0.25) is 0 Å². The molecule has 2 N–H and O–H groups in total. The number of rotatable bonds is 10. The third kappa shape index (κ3) is 6.77. The van der Waals surface area contributed by atoms with Crippen molar-refractivity contribution in [1.82, 2.24) is 10.0 Å². The van der Waals surface area contributed by atoms with Gasteiger partial charge in [0.25, 0.3) is 5.91 Å². The Bertz CT molecular complexity index is 852. The molecule has 27 heavy (non-hydrogen) atoms. The zero-order valence-electron chi connectivity index (χ0n) is 15.4. The van der Waals surface area contributed by atoms with Crippen molar-refractivity contribution in [1.29, 1.82) is 0 Å². The first-order chi connectivity index (χ1) is 12.9. The number of benzene rings is 2. The lowest BCUT2D eigenvalue weighted by molar-refractivity contribution is 0.0952. The molecular formula is C20H25FN2O3S. The monoisotopic (exact) mass is 392 g/mol. The molecule has 0 fully saturated rings. The number of sulfonamides is 1. The van der Waals surface area contributed by atoms with Gasteiger partial charge in [-0.25, -0.2) is 17.5 Å². The molecule has 0 atom stereocenters. The predicted molar refractivity (Wildman–Crippen MR) is 104 cm³/mol. The van der Waals surface area contributed by atoms with Crippen LogP contribution >= 0.6 is 0 Å². The highest BCUT2D eigenvalue weighted by Crippen LogP contribution is 2.12. The second kappa shape index (κ2) is 10.2. The predicted octanol–water partition coefficient (Wildman–Crippen LogP) is 3.27. The number of unbranched alkanes of at least 4 members (excludes halogenated alkanes) is 2. The lowest BCUT2D eigenvalue weighted by Crippen LogP contribution is -2.27. The molecule has 2 rings (SSSR count). The molecule has 2 aromatic carbocycles. The van der Waals surface area contributed by atoms with Gasteiger partial charge in [-0.3, -0.25) is 4.79 Å². The van der Waals surface area contributed by atoms with E-state index < -0.39 is 10.0 Å². The van der Waals surface area contributed by atoms with Gasteiger partial charge in [-0.15, -0.1) is 0 Å². The Kier molecular flexibility index (Phi) is 7.94. The largest absolute Gasteiger partial charge is 0.352 e. The summed E-state index contributed by atoms with van der Waals surface area (Å²) in [6.45, 7) is 2.83. The smallest absolute Gasteiger partial charge is 0.251 e. The first-order valence-corrected chi connectivity index (χ1v) is 10.5. The summed E-state index contributed by atoms with van der Waals surface area (Å²) in [7, 11) is -3.73. The Labute approximate surface area is 160 Å². The van der Waals surface area contributed by atoms with Crippen molar-refractivity contribution in [2.75, 3.05) is 13.1 Å². The SMILES string of the molecule is CCCCCNC(=O)c1cccc(S(=O)(=O)NCCc2ccc(F)cc2)c1. The Hall–Kier alpha value is -2.25. The molecule has 5 nitrogen and oxygen atoms in total. The van der Waals surface area contributed by atoms with Crippen LogP contribution in [0.5, 0.6) is 0 Å². The van der Waals surface area contributed by atoms with Crippen LogP contribution in [0.15, 0.2) is 53.4 Å². The Morgan fingerprint density at radius 3 is 2.48 bits per heavy atom. The fourth-order valence-corrected chi connectivity index (χ4v) is 3.62. The van der Waals surface area contributed by atoms with Crippen molar-refractivity contribution >= 4 is 15.9 Å². The van der Waals surface area contributed by atoms with Crippen molar-refractivity contribution in [3.63, 3.8) is 0 Å². The van der Waals surface area contributed by atoms with E-state index in [-0.39, 0.29) is 23.2 Å². The van der Waals surface area contributed by atoms with Crippen LogP contribution < -0.4 is 10.0 Å². The molecule has 0 unspecified atom stereocenters. The third-order valence-electron chi connectivity index (χ3n) is 4.09. The second-order valence-corrected chi connectivity index (χ2v) is 8.03. The highest BCUT2D eigenvalue weighted by molar-refractivity contribution is 7.89. The molecular weight excluding hydrogens is 367 g/mol. The van der Waals surface area contributed by atoms with Crippen molar-refractivity contribution in [2.24, 2.45) is 0 Å². The van der Waals surface area contributed by atoms with E-state index in [1.165, 1.54) is 24.3 Å². The number of carbonyl (C=O) groups excluding carboxylic acids is 1. The van der Waals surface area contributed by atoms with E-state index in [9.17, 15) is 17.6 Å². The van der Waals surface area contributed by atoms with Gasteiger partial charge in [0.05, 0.1) is 4.90 Å². The van der Waals surface area contributed by atoms with Crippen LogP contribution in [0.1, 0.15) is 42.1 Å². The van der Waals surface area contributed by atoms with Gasteiger partial charge in [-0.1, -0.05) is 38.0 Å². The molecule has 0 bridgehead atoms. The molecule has 0 spiro atoms. The van der Waals surface area contributed by atoms with Gasteiger partial charge in [0.15, 0.2) is 0 Å². The van der Waals surface area contributed by atoms with Gasteiger partial charge in [0.2, 0.25) is 10.0 Å². The van der Waals surface area contributed by atoms with Crippen LogP contribution in [0, 0.1) is 5.82 Å². The Balaban J connectivity index is 1.94. The summed E-state index contributed by atoms with van der Waals surface area (Å²) in [4.78, 5) is 12.2. The number of hydrogen-bond donors (Lipinski definition) is 2. The zero-order chi connectivity index (χ0) is 19.7. The van der Waals surface area contributed by atoms with Gasteiger partial charge >= 0.3 is 0 Å². The van der Waals surface area contributed by atoms with Gasteiger partial charge in [0.1, 0.15) is 5.82 Å². The average molecular weight is 392 g/mol. The number of amides is 1. The highest BCUT2D eigenvalue weighted by atomic mass is 32.2. The molecule has 1 amide bonds. The van der Waals surface area contributed by atoms with E-state index in [0.29, 0.717) is 18.5 Å². The molecule has 0 radical (unpaired) electrons. The molecule has 7 heteroatoms. The molecule has 0 saturated carbocycles. The van der Waals surface area contributed by atoms with E-state index in [4.69, 9.17) is 0 Å². The molecule has 0 aromatic heterocycles. The van der Waals surface area contributed by atoms with Crippen molar-refractivity contribution < 1.29 is 17.6 Å². The van der Waals surface area contributed by atoms with E-state index in [1.807, 2.05) is 0 Å². The maximum atomic E-state index is 12.9. The summed E-state index contributed by atoms with van der Waals surface area (Å²) < 4.78 is 40.3. The summed E-state index contributed by atoms with van der Waals surface area (Å²) in [5.74, 6) is -0.612. The molecule has 0 aliphatic carbocycles. The topological polar surface area (TPSA) is 75.3 Å². The Morgan fingerprint density at radius 1 is 1.04 bits per heavy atom. The maximum Gasteiger partial charge on any atom is 0.251 e. The minimum atomic E-state index is -3.73. The van der Waals surface area contributed by atoms with Gasteiger partial charge in [-0.05, 0) is 48.7 Å². The Morgan fingerprint density at radius 2 is 1.78 bits per heavy atom. The van der Waals surface area contributed by atoms with Crippen molar-refractivity contribution in [3.8, 4) is 0 Å². The standard InChI is InChI=1S/C20H25FN2O3S/c1-2-3-4-13-22-20(24)17-6-5-7-19(15-17)27(25,26)23-14-12-16-8-10-18(21)11-9-16/h5-11,15,23H,2-4,12-14H2,1H3,(H,22,24). The average Bonchev–Trinajstić information content (AvgIpc) is 2.66. The van der Waals surface area contributed by atoms with Gasteiger partial charge in [-0.2, -0.15) is 0 Å². The van der Waals surface area contributed by atoms with Crippen molar-refractivity contribution in [2.45, 2.75) is 37.5 Å². The lowest BCUT2D eigenvalue weighted by atomic mass is 10.1. The number of carbonyl (C=O) groups is 1. The van der Waals surface area contributed by atoms with Gasteiger partial charge in [0, 0.05) is 18.7 Å². The van der Waals surface area contributed by atoms with Crippen LogP contribution in [0.3, 0.4) is 0 Å². The highest BCUT2D eigenvalue weighted by Gasteiger charge is 2.15. The fourth-order valence-electron chi connectivity index (χ4n) is 2.55. The summed E-state index contributed by atoms with van der Waals surface area (Å²) in [5.41, 5.74) is 1.15. The van der Waals surface area contributed by atoms with E-state index in [2.05, 4.69) is 17.0 Å². The van der Waals surface area contributed by atoms with Crippen molar-refractivity contribution in [3.05, 3.63) is 65.5 Å². The number of hydrogen-bond acceptors (Lipinski definition) is 3. The summed E-state index contributed by atoms with van der Waals surface area (Å²) in [5, 5.41) is 2.80. The molecule has 0 aliphatic heterocycles. The first-order valence-electron chi connectivity index (χ1n) is 9.05. The maximum absolute atomic E-state index is 12.9. The normalized spacial score (nSPS) is 11.3. The molecule has 0 aliphatic rings. The molecule has 146 valence electrons. The first kappa shape index (κ1) is 21.1. The fraction of sp³-hybridized carbons (Fsp3) is 0.350. The van der Waals surface area contributed by atoms with E-state index in [1.54, 1.807) is 24.3 Å². The summed E-state index contributed by atoms with van der Waals surface area (Å²) >= 11 is 0. The summed E-state index contributed by atoms with van der Waals surface area (Å²) in [6, 6.07) is 11.9. The minimum Gasteiger partial charge on any atom is -0.352 e. The molecule has 2 aromatic rings. The second-order valence-electron chi connectivity index (χ2n) is 6.27. The van der Waals surface area contributed by atoms with Crippen LogP contribution in [-0.2, 0) is 16.4 Å².